The SMILES string of the molecule is CC(C)NC(=O)NC(C)(C)C(=N)N. The highest BCUT2D eigenvalue weighted by molar-refractivity contribution is 5.90. The van der Waals surface area contributed by atoms with Gasteiger partial charge in [-0.3, -0.25) is 5.41 Å². The van der Waals surface area contributed by atoms with Gasteiger partial charge in [-0.2, -0.15) is 0 Å². The van der Waals surface area contributed by atoms with Gasteiger partial charge in [-0.1, -0.05) is 0 Å². The minimum Gasteiger partial charge on any atom is -0.386 e. The van der Waals surface area contributed by atoms with Gasteiger partial charge in [0.15, 0.2) is 0 Å². The van der Waals surface area contributed by atoms with Crippen LogP contribution < -0.4 is 16.4 Å². The lowest BCUT2D eigenvalue weighted by Crippen LogP contribution is -2.56. The third kappa shape index (κ3) is 4.35. The number of urea groups is 1. The quantitative estimate of drug-likeness (QED) is 0.380. The van der Waals surface area contributed by atoms with Crippen molar-refractivity contribution in [1.29, 1.82) is 5.41 Å². The van der Waals surface area contributed by atoms with Gasteiger partial charge in [-0.15, -0.1) is 0 Å². The molecule has 0 heterocycles. The van der Waals surface area contributed by atoms with Gasteiger partial charge in [0.25, 0.3) is 0 Å². The minimum absolute atomic E-state index is 0.0635. The molecule has 0 aromatic carbocycles. The highest BCUT2D eigenvalue weighted by atomic mass is 16.2. The van der Waals surface area contributed by atoms with Crippen molar-refractivity contribution >= 4 is 11.9 Å². The van der Waals surface area contributed by atoms with Crippen LogP contribution in [0.1, 0.15) is 27.7 Å². The molecule has 0 rings (SSSR count). The van der Waals surface area contributed by atoms with Crippen molar-refractivity contribution in [2.24, 2.45) is 5.73 Å². The number of carbonyl (C=O) groups excluding carboxylic acids is 1. The van der Waals surface area contributed by atoms with Crippen molar-refractivity contribution in [2.45, 2.75) is 39.3 Å². The monoisotopic (exact) mass is 186 g/mol. The molecule has 0 saturated carbocycles. The van der Waals surface area contributed by atoms with E-state index in [0.717, 1.165) is 0 Å². The number of nitrogens with two attached hydrogens (primary N) is 1. The zero-order chi connectivity index (χ0) is 10.6. The van der Waals surface area contributed by atoms with E-state index in [9.17, 15) is 4.79 Å². The normalized spacial score (nSPS) is 11.2. The molecule has 13 heavy (non-hydrogen) atoms. The molecule has 0 aliphatic rings. The van der Waals surface area contributed by atoms with Crippen LogP contribution in [0.2, 0.25) is 0 Å². The molecule has 76 valence electrons. The maximum absolute atomic E-state index is 11.2. The molecule has 5 heteroatoms. The summed E-state index contributed by atoms with van der Waals surface area (Å²) in [6, 6.07) is -0.238. The Bertz CT molecular complexity index is 210. The Labute approximate surface area is 78.6 Å². The number of amides is 2. The lowest BCUT2D eigenvalue weighted by molar-refractivity contribution is 0.233. The summed E-state index contributed by atoms with van der Waals surface area (Å²) in [5.74, 6) is -0.0635. The Hall–Kier alpha value is -1.26. The Balaban J connectivity index is 4.12. The Morgan fingerprint density at radius 1 is 1.46 bits per heavy atom. The van der Waals surface area contributed by atoms with E-state index in [1.807, 2.05) is 13.8 Å². The van der Waals surface area contributed by atoms with E-state index < -0.39 is 5.54 Å². The Kier molecular flexibility index (Phi) is 3.71. The van der Waals surface area contributed by atoms with Crippen LogP contribution in [0, 0.1) is 5.41 Å². The van der Waals surface area contributed by atoms with Crippen LogP contribution in [0.3, 0.4) is 0 Å². The number of carbonyl (C=O) groups is 1. The van der Waals surface area contributed by atoms with Crippen molar-refractivity contribution in [3.8, 4) is 0 Å². The van der Waals surface area contributed by atoms with Crippen LogP contribution in [-0.4, -0.2) is 23.4 Å². The molecule has 0 aliphatic carbocycles. The fourth-order valence-corrected chi connectivity index (χ4v) is 0.649. The molecule has 0 radical (unpaired) electrons. The van der Waals surface area contributed by atoms with Crippen LogP contribution in [0.15, 0.2) is 0 Å². The van der Waals surface area contributed by atoms with Gasteiger partial charge in [0.05, 0.1) is 5.54 Å². The summed E-state index contributed by atoms with van der Waals surface area (Å²) in [6.07, 6.45) is 0. The van der Waals surface area contributed by atoms with Gasteiger partial charge < -0.3 is 16.4 Å². The molecular weight excluding hydrogens is 168 g/mol. The van der Waals surface area contributed by atoms with Crippen LogP contribution >= 0.6 is 0 Å². The minimum atomic E-state index is -0.793. The highest BCUT2D eigenvalue weighted by Crippen LogP contribution is 1.99. The Morgan fingerprint density at radius 3 is 2.23 bits per heavy atom. The molecule has 0 unspecified atom stereocenters. The predicted molar refractivity (Wildman–Crippen MR) is 52.8 cm³/mol. The van der Waals surface area contributed by atoms with Crippen molar-refractivity contribution in [3.05, 3.63) is 0 Å². The fourth-order valence-electron chi connectivity index (χ4n) is 0.649. The lowest BCUT2D eigenvalue weighted by atomic mass is 10.1. The van der Waals surface area contributed by atoms with Gasteiger partial charge in [0, 0.05) is 6.04 Å². The van der Waals surface area contributed by atoms with Crippen molar-refractivity contribution in [1.82, 2.24) is 10.6 Å². The number of hydrogen-bond donors (Lipinski definition) is 4. The summed E-state index contributed by atoms with van der Waals surface area (Å²) in [5, 5.41) is 12.4. The summed E-state index contributed by atoms with van der Waals surface area (Å²) in [7, 11) is 0. The van der Waals surface area contributed by atoms with Gasteiger partial charge in [0.1, 0.15) is 5.84 Å². The van der Waals surface area contributed by atoms with Crippen molar-refractivity contribution < 1.29 is 4.79 Å². The van der Waals surface area contributed by atoms with Gasteiger partial charge in [-0.25, -0.2) is 4.79 Å². The fraction of sp³-hybridized carbons (Fsp3) is 0.750. The topological polar surface area (TPSA) is 91.0 Å². The van der Waals surface area contributed by atoms with Crippen molar-refractivity contribution in [3.63, 3.8) is 0 Å². The summed E-state index contributed by atoms with van der Waals surface area (Å²) in [5.41, 5.74) is 4.50. The van der Waals surface area contributed by atoms with Crippen LogP contribution in [-0.2, 0) is 0 Å². The lowest BCUT2D eigenvalue weighted by Gasteiger charge is -2.25. The first-order valence-electron chi connectivity index (χ1n) is 4.19. The number of hydrogen-bond acceptors (Lipinski definition) is 2. The molecule has 0 spiro atoms. The molecule has 5 nitrogen and oxygen atoms in total. The van der Waals surface area contributed by atoms with E-state index in [-0.39, 0.29) is 17.9 Å². The summed E-state index contributed by atoms with van der Waals surface area (Å²) >= 11 is 0. The maximum Gasteiger partial charge on any atom is 0.315 e. The summed E-state index contributed by atoms with van der Waals surface area (Å²) in [6.45, 7) is 7.07. The largest absolute Gasteiger partial charge is 0.386 e. The zero-order valence-electron chi connectivity index (χ0n) is 8.56. The van der Waals surface area contributed by atoms with E-state index in [1.54, 1.807) is 13.8 Å². The number of nitrogens with one attached hydrogen (secondary N) is 3. The molecule has 0 fully saturated rings. The first-order chi connectivity index (χ1) is 5.75. The number of amidine groups is 1. The van der Waals surface area contributed by atoms with E-state index in [1.165, 1.54) is 0 Å². The second-order valence-corrected chi connectivity index (χ2v) is 3.79. The summed E-state index contributed by atoms with van der Waals surface area (Å²) in [4.78, 5) is 11.2. The maximum atomic E-state index is 11.2. The third-order valence-electron chi connectivity index (χ3n) is 1.52. The smallest absolute Gasteiger partial charge is 0.315 e. The average Bonchev–Trinajstić information content (AvgIpc) is 1.82. The first kappa shape index (κ1) is 11.7. The van der Waals surface area contributed by atoms with Gasteiger partial charge in [-0.05, 0) is 27.7 Å². The summed E-state index contributed by atoms with van der Waals surface area (Å²) < 4.78 is 0. The van der Waals surface area contributed by atoms with Gasteiger partial charge in [0.2, 0.25) is 0 Å². The molecule has 0 aliphatic heterocycles. The van der Waals surface area contributed by atoms with Crippen molar-refractivity contribution in [2.75, 3.05) is 0 Å². The third-order valence-corrected chi connectivity index (χ3v) is 1.52. The molecule has 0 aromatic rings. The average molecular weight is 186 g/mol. The van der Waals surface area contributed by atoms with E-state index in [2.05, 4.69) is 10.6 Å². The van der Waals surface area contributed by atoms with Crippen LogP contribution in [0.5, 0.6) is 0 Å². The zero-order valence-corrected chi connectivity index (χ0v) is 8.56. The van der Waals surface area contributed by atoms with Crippen LogP contribution in [0.25, 0.3) is 0 Å². The molecule has 2 amide bonds. The Morgan fingerprint density at radius 2 is 1.92 bits per heavy atom. The second-order valence-electron chi connectivity index (χ2n) is 3.79. The molecule has 0 atom stereocenters. The van der Waals surface area contributed by atoms with Gasteiger partial charge >= 0.3 is 6.03 Å². The molecule has 0 bridgehead atoms. The molecule has 5 N–H and O–H groups in total. The molecule has 0 saturated heterocycles. The highest BCUT2D eigenvalue weighted by Gasteiger charge is 2.23. The number of rotatable bonds is 3. The first-order valence-corrected chi connectivity index (χ1v) is 4.19. The predicted octanol–water partition coefficient (Wildman–Crippen LogP) is 0.409. The van der Waals surface area contributed by atoms with E-state index in [0.29, 0.717) is 0 Å². The molecule has 0 aromatic heterocycles. The van der Waals surface area contributed by atoms with E-state index in [4.69, 9.17) is 11.1 Å². The molecular formula is C8H18N4O. The van der Waals surface area contributed by atoms with E-state index >= 15 is 0 Å². The van der Waals surface area contributed by atoms with Crippen LogP contribution in [0.4, 0.5) is 4.79 Å². The second kappa shape index (κ2) is 4.11. The standard InChI is InChI=1S/C8H18N4O/c1-5(2)11-7(13)12-8(3,4)6(9)10/h5H,1-4H3,(H3,9,10)(H2,11,12,13).